The Hall–Kier alpha value is -0.960. The summed E-state index contributed by atoms with van der Waals surface area (Å²) in [6.45, 7) is 7.08. The lowest BCUT2D eigenvalue weighted by Gasteiger charge is -2.34. The molecule has 0 radical (unpaired) electrons. The largest absolute Gasteiger partial charge is 0.115 e. The summed E-state index contributed by atoms with van der Waals surface area (Å²) in [6, 6.07) is 0. The highest BCUT2D eigenvalue weighted by Gasteiger charge is 2.29. The van der Waals surface area contributed by atoms with Gasteiger partial charge in [0.15, 0.2) is 0 Å². The predicted molar refractivity (Wildman–Crippen MR) is 79.2 cm³/mol. The molecule has 0 aromatic heterocycles. The van der Waals surface area contributed by atoms with Crippen LogP contribution in [0.25, 0.3) is 0 Å². The van der Waals surface area contributed by atoms with Crippen LogP contribution in [-0.2, 0) is 0 Å². The fourth-order valence-corrected chi connectivity index (χ4v) is 3.24. The zero-order valence-corrected chi connectivity index (χ0v) is 12.2. The Balaban J connectivity index is 2.20. The van der Waals surface area contributed by atoms with E-state index < -0.39 is 0 Å². The van der Waals surface area contributed by atoms with Crippen LogP contribution in [0.5, 0.6) is 0 Å². The molecule has 98 valence electrons. The van der Waals surface area contributed by atoms with Crippen molar-refractivity contribution in [2.75, 3.05) is 0 Å². The van der Waals surface area contributed by atoms with Crippen LogP contribution in [0.15, 0.2) is 22.8 Å². The molecule has 1 fully saturated rings. The molecule has 2 aliphatic carbocycles. The minimum Gasteiger partial charge on any atom is -0.115 e. The Labute approximate surface area is 113 Å². The molecule has 0 saturated heterocycles. The molecule has 2 rings (SSSR count). The van der Waals surface area contributed by atoms with Crippen LogP contribution in [0.2, 0.25) is 0 Å². The Morgan fingerprint density at radius 3 is 2.39 bits per heavy atom. The van der Waals surface area contributed by atoms with Gasteiger partial charge in [0.25, 0.3) is 0 Å². The molecule has 0 aromatic carbocycles. The zero-order valence-electron chi connectivity index (χ0n) is 12.2. The lowest BCUT2D eigenvalue weighted by atomic mass is 9.70. The summed E-state index contributed by atoms with van der Waals surface area (Å²) in [7, 11) is 0. The molecule has 0 spiro atoms. The van der Waals surface area contributed by atoms with Gasteiger partial charge >= 0.3 is 0 Å². The second-order valence-electron chi connectivity index (χ2n) is 6.96. The molecule has 0 aliphatic heterocycles. The molecule has 0 nitrogen and oxygen atoms in total. The molecule has 0 heteroatoms. The molecular weight excluding hydrogens is 216 g/mol. The normalized spacial score (nSPS) is 25.2. The predicted octanol–water partition coefficient (Wildman–Crippen LogP) is 5.26. The van der Waals surface area contributed by atoms with Gasteiger partial charge in [-0.25, -0.2) is 0 Å². The minimum absolute atomic E-state index is 0.402. The fourth-order valence-electron chi connectivity index (χ4n) is 3.24. The number of terminal acetylenes is 1. The molecule has 0 bridgehead atoms. The van der Waals surface area contributed by atoms with Crippen molar-refractivity contribution in [3.8, 4) is 12.3 Å². The Bertz CT molecular complexity index is 398. The van der Waals surface area contributed by atoms with Gasteiger partial charge in [-0.15, -0.1) is 6.42 Å². The van der Waals surface area contributed by atoms with Crippen molar-refractivity contribution in [3.05, 3.63) is 22.8 Å². The maximum Gasteiger partial charge on any atom is 0.00498 e. The number of hydrogen-bond acceptors (Lipinski definition) is 0. The molecular formula is C18H26. The molecule has 1 saturated carbocycles. The molecule has 1 unspecified atom stereocenters. The maximum absolute atomic E-state index is 5.69. The van der Waals surface area contributed by atoms with Crippen LogP contribution in [0.3, 0.4) is 0 Å². The van der Waals surface area contributed by atoms with Crippen molar-refractivity contribution >= 4 is 0 Å². The number of allylic oxidation sites excluding steroid dienone is 4. The van der Waals surface area contributed by atoms with Gasteiger partial charge in [0.1, 0.15) is 0 Å². The third-order valence-electron chi connectivity index (χ3n) is 4.62. The van der Waals surface area contributed by atoms with Crippen LogP contribution in [0.1, 0.15) is 65.7 Å². The lowest BCUT2D eigenvalue weighted by molar-refractivity contribution is 0.218. The van der Waals surface area contributed by atoms with Crippen molar-refractivity contribution in [1.29, 1.82) is 0 Å². The van der Waals surface area contributed by atoms with E-state index in [9.17, 15) is 0 Å². The Morgan fingerprint density at radius 1 is 1.17 bits per heavy atom. The first kappa shape index (κ1) is 13.5. The summed E-state index contributed by atoms with van der Waals surface area (Å²) in [5.41, 5.74) is 4.78. The molecule has 18 heavy (non-hydrogen) atoms. The van der Waals surface area contributed by atoms with Crippen LogP contribution < -0.4 is 0 Å². The average Bonchev–Trinajstić information content (AvgIpc) is 2.80. The summed E-state index contributed by atoms with van der Waals surface area (Å²) in [4.78, 5) is 0. The van der Waals surface area contributed by atoms with Crippen LogP contribution >= 0.6 is 0 Å². The summed E-state index contributed by atoms with van der Waals surface area (Å²) >= 11 is 0. The first-order chi connectivity index (χ1) is 8.50. The van der Waals surface area contributed by atoms with Crippen molar-refractivity contribution in [2.24, 2.45) is 11.3 Å². The monoisotopic (exact) mass is 242 g/mol. The summed E-state index contributed by atoms with van der Waals surface area (Å²) < 4.78 is 0. The Morgan fingerprint density at radius 2 is 1.83 bits per heavy atom. The highest BCUT2D eigenvalue weighted by Crippen LogP contribution is 2.41. The first-order valence-electron chi connectivity index (χ1n) is 7.39. The van der Waals surface area contributed by atoms with E-state index in [-0.39, 0.29) is 0 Å². The van der Waals surface area contributed by atoms with Gasteiger partial charge in [-0.3, -0.25) is 0 Å². The van der Waals surface area contributed by atoms with Crippen LogP contribution in [0.4, 0.5) is 0 Å². The minimum atomic E-state index is 0.402. The quantitative estimate of drug-likeness (QED) is 0.550. The average molecular weight is 242 g/mol. The van der Waals surface area contributed by atoms with Gasteiger partial charge in [-0.2, -0.15) is 0 Å². The Kier molecular flexibility index (Phi) is 4.00. The van der Waals surface area contributed by atoms with E-state index in [1.165, 1.54) is 49.7 Å². The van der Waals surface area contributed by atoms with Gasteiger partial charge in [-0.1, -0.05) is 38.3 Å². The smallest absolute Gasteiger partial charge is 0.00498 e. The van der Waals surface area contributed by atoms with Crippen molar-refractivity contribution in [3.63, 3.8) is 0 Å². The lowest BCUT2D eigenvalue weighted by Crippen LogP contribution is -2.23. The van der Waals surface area contributed by atoms with Gasteiger partial charge in [0.2, 0.25) is 0 Å². The van der Waals surface area contributed by atoms with E-state index in [1.54, 1.807) is 5.57 Å². The van der Waals surface area contributed by atoms with Gasteiger partial charge in [0, 0.05) is 5.57 Å². The summed E-state index contributed by atoms with van der Waals surface area (Å²) in [6.07, 6.45) is 17.0. The van der Waals surface area contributed by atoms with E-state index in [2.05, 4.69) is 32.8 Å². The molecule has 0 amide bonds. The molecule has 1 atom stereocenters. The number of rotatable bonds is 1. The van der Waals surface area contributed by atoms with E-state index in [0.717, 1.165) is 12.3 Å². The van der Waals surface area contributed by atoms with Crippen molar-refractivity contribution in [2.45, 2.75) is 65.7 Å². The van der Waals surface area contributed by atoms with E-state index in [4.69, 9.17) is 6.42 Å². The third-order valence-corrected chi connectivity index (χ3v) is 4.62. The molecule has 0 aromatic rings. The molecule has 0 N–H and O–H groups in total. The fraction of sp³-hybridized carbons (Fsp3) is 0.667. The van der Waals surface area contributed by atoms with Gasteiger partial charge in [0.05, 0.1) is 0 Å². The molecule has 0 heterocycles. The van der Waals surface area contributed by atoms with Crippen LogP contribution in [-0.4, -0.2) is 0 Å². The summed E-state index contributed by atoms with van der Waals surface area (Å²) in [5.74, 6) is 3.72. The van der Waals surface area contributed by atoms with E-state index in [0.29, 0.717) is 5.41 Å². The maximum atomic E-state index is 5.69. The van der Waals surface area contributed by atoms with Crippen molar-refractivity contribution in [1.82, 2.24) is 0 Å². The van der Waals surface area contributed by atoms with Gasteiger partial charge < -0.3 is 0 Å². The number of hydrogen-bond donors (Lipinski definition) is 0. The van der Waals surface area contributed by atoms with E-state index in [1.807, 2.05) is 0 Å². The van der Waals surface area contributed by atoms with Crippen LogP contribution in [0, 0.1) is 23.7 Å². The SMILES string of the molecule is C#CC1=C(C=C2CCCC2)CC(C(C)(C)C)CC1. The second-order valence-corrected chi connectivity index (χ2v) is 6.96. The topological polar surface area (TPSA) is 0 Å². The van der Waals surface area contributed by atoms with Crippen molar-refractivity contribution < 1.29 is 0 Å². The standard InChI is InChI=1S/C18H26/c1-5-15-10-11-17(18(2,3)4)13-16(15)12-14-8-6-7-9-14/h1,12,17H,6-11,13H2,2-4H3. The highest BCUT2D eigenvalue weighted by atomic mass is 14.3. The highest BCUT2D eigenvalue weighted by molar-refractivity contribution is 5.41. The first-order valence-corrected chi connectivity index (χ1v) is 7.39. The second kappa shape index (κ2) is 5.35. The zero-order chi connectivity index (χ0) is 13.2. The summed E-state index contributed by atoms with van der Waals surface area (Å²) in [5, 5.41) is 0. The van der Waals surface area contributed by atoms with Gasteiger partial charge in [-0.05, 0) is 61.9 Å². The van der Waals surface area contributed by atoms with E-state index >= 15 is 0 Å². The molecule has 2 aliphatic rings. The third kappa shape index (κ3) is 3.08.